The number of halogens is 3. The van der Waals surface area contributed by atoms with Gasteiger partial charge in [0.25, 0.3) is 0 Å². The highest BCUT2D eigenvalue weighted by molar-refractivity contribution is 6.35. The Morgan fingerprint density at radius 1 is 1.31 bits per heavy atom. The van der Waals surface area contributed by atoms with Crippen LogP contribution in [0.15, 0.2) is 0 Å². The summed E-state index contributed by atoms with van der Waals surface area (Å²) in [6, 6.07) is 0. The molecule has 0 spiro atoms. The van der Waals surface area contributed by atoms with Gasteiger partial charge in [0.1, 0.15) is 11.6 Å². The molecule has 72 valence electrons. The van der Waals surface area contributed by atoms with Crippen LogP contribution in [0.2, 0.25) is 10.0 Å². The molecule has 1 aromatic rings. The van der Waals surface area contributed by atoms with Gasteiger partial charge in [0.2, 0.25) is 0 Å². The molecule has 0 aliphatic carbocycles. The molecule has 0 aromatic heterocycles. The molecule has 0 saturated heterocycles. The van der Waals surface area contributed by atoms with Crippen molar-refractivity contribution in [2.75, 3.05) is 0 Å². The second kappa shape index (κ2) is 3.72. The predicted octanol–water partition coefficient (Wildman–Crippen LogP) is 3.71. The average Bonchev–Trinajstić information content (AvgIpc) is 2.13. The van der Waals surface area contributed by atoms with Gasteiger partial charge in [0.05, 0.1) is 10.0 Å². The van der Waals surface area contributed by atoms with E-state index in [-0.39, 0.29) is 21.4 Å². The third-order valence-corrected chi connectivity index (χ3v) is 2.82. The fraction of sp³-hybridized carbons (Fsp3) is 0.333. The molecule has 0 aliphatic heterocycles. The van der Waals surface area contributed by atoms with Gasteiger partial charge in [-0.05, 0) is 13.3 Å². The summed E-state index contributed by atoms with van der Waals surface area (Å²) < 4.78 is 13.3. The van der Waals surface area contributed by atoms with Crippen molar-refractivity contribution in [3.63, 3.8) is 0 Å². The number of hydrogen-bond donors (Lipinski definition) is 1. The third kappa shape index (κ3) is 1.61. The Kier molecular flexibility index (Phi) is 3.04. The minimum absolute atomic E-state index is 0.0399. The maximum atomic E-state index is 13.3. The van der Waals surface area contributed by atoms with Gasteiger partial charge in [-0.3, -0.25) is 0 Å². The van der Waals surface area contributed by atoms with Crippen LogP contribution in [0.25, 0.3) is 0 Å². The van der Waals surface area contributed by atoms with Gasteiger partial charge in [0, 0.05) is 11.1 Å². The average molecular weight is 223 g/mol. The lowest BCUT2D eigenvalue weighted by Gasteiger charge is -2.10. The third-order valence-electron chi connectivity index (χ3n) is 1.96. The molecule has 0 saturated carbocycles. The number of phenols is 1. The van der Waals surface area contributed by atoms with E-state index in [1.807, 2.05) is 0 Å². The van der Waals surface area contributed by atoms with E-state index in [9.17, 15) is 9.50 Å². The fourth-order valence-electron chi connectivity index (χ4n) is 1.13. The van der Waals surface area contributed by atoms with Crippen LogP contribution < -0.4 is 0 Å². The van der Waals surface area contributed by atoms with Crippen molar-refractivity contribution in [3.05, 3.63) is 27.0 Å². The zero-order valence-electron chi connectivity index (χ0n) is 7.29. The van der Waals surface area contributed by atoms with E-state index in [1.165, 1.54) is 6.92 Å². The van der Waals surface area contributed by atoms with Crippen LogP contribution in [0.4, 0.5) is 4.39 Å². The molecule has 0 aliphatic rings. The van der Waals surface area contributed by atoms with Gasteiger partial charge in [-0.25, -0.2) is 4.39 Å². The molecule has 0 bridgehead atoms. The van der Waals surface area contributed by atoms with Crippen LogP contribution in [-0.2, 0) is 6.42 Å². The summed E-state index contributed by atoms with van der Waals surface area (Å²) in [5.74, 6) is -0.672. The molecule has 0 fully saturated rings. The van der Waals surface area contributed by atoms with Gasteiger partial charge in [-0.1, -0.05) is 30.1 Å². The zero-order chi connectivity index (χ0) is 10.2. The second-order valence-corrected chi connectivity index (χ2v) is 3.50. The summed E-state index contributed by atoms with van der Waals surface area (Å²) in [7, 11) is 0. The number of benzene rings is 1. The molecule has 13 heavy (non-hydrogen) atoms. The van der Waals surface area contributed by atoms with Gasteiger partial charge >= 0.3 is 0 Å². The summed E-state index contributed by atoms with van der Waals surface area (Å²) in [5.41, 5.74) is 0.538. The van der Waals surface area contributed by atoms with Gasteiger partial charge in [-0.15, -0.1) is 0 Å². The van der Waals surface area contributed by atoms with Crippen LogP contribution in [0.1, 0.15) is 18.1 Å². The Balaban J connectivity index is 3.56. The Bertz CT molecular complexity index is 321. The highest BCUT2D eigenvalue weighted by Crippen LogP contribution is 2.38. The molecule has 1 nitrogen and oxygen atoms in total. The fourth-order valence-corrected chi connectivity index (χ4v) is 1.69. The maximum Gasteiger partial charge on any atom is 0.146 e. The lowest BCUT2D eigenvalue weighted by atomic mass is 10.1. The number of rotatable bonds is 1. The Morgan fingerprint density at radius 3 is 2.31 bits per heavy atom. The first-order valence-electron chi connectivity index (χ1n) is 3.85. The lowest BCUT2D eigenvalue weighted by Crippen LogP contribution is -1.93. The Morgan fingerprint density at radius 2 is 1.85 bits per heavy atom. The van der Waals surface area contributed by atoms with E-state index < -0.39 is 5.82 Å². The molecule has 1 rings (SSSR count). The monoisotopic (exact) mass is 222 g/mol. The van der Waals surface area contributed by atoms with E-state index in [2.05, 4.69) is 0 Å². The molecule has 0 radical (unpaired) electrons. The lowest BCUT2D eigenvalue weighted by molar-refractivity contribution is 0.465. The van der Waals surface area contributed by atoms with Crippen molar-refractivity contribution in [1.82, 2.24) is 0 Å². The molecular weight excluding hydrogens is 214 g/mol. The zero-order valence-corrected chi connectivity index (χ0v) is 8.80. The van der Waals surface area contributed by atoms with Crippen LogP contribution in [-0.4, -0.2) is 5.11 Å². The summed E-state index contributed by atoms with van der Waals surface area (Å²) in [4.78, 5) is 0. The molecule has 1 aromatic carbocycles. The van der Waals surface area contributed by atoms with Gasteiger partial charge in [-0.2, -0.15) is 0 Å². The van der Waals surface area contributed by atoms with Crippen LogP contribution in [0.3, 0.4) is 0 Å². The summed E-state index contributed by atoms with van der Waals surface area (Å²) in [6.07, 6.45) is 0.446. The standard InChI is InChI=1S/C9H9Cl2FO/c1-3-5-7(11)8(12)4(2)6(10)9(5)13/h13H,3H2,1-2H3. The quantitative estimate of drug-likeness (QED) is 0.719. The van der Waals surface area contributed by atoms with Crippen molar-refractivity contribution in [2.45, 2.75) is 20.3 Å². The summed E-state index contributed by atoms with van der Waals surface area (Å²) in [6.45, 7) is 3.24. The van der Waals surface area contributed by atoms with Crippen molar-refractivity contribution >= 4 is 23.2 Å². The Hall–Kier alpha value is -0.470. The molecule has 0 unspecified atom stereocenters. The van der Waals surface area contributed by atoms with Gasteiger partial charge in [0.15, 0.2) is 0 Å². The van der Waals surface area contributed by atoms with E-state index in [4.69, 9.17) is 23.2 Å². The highest BCUT2D eigenvalue weighted by Gasteiger charge is 2.17. The normalized spacial score (nSPS) is 10.5. The number of hydrogen-bond acceptors (Lipinski definition) is 1. The van der Waals surface area contributed by atoms with Crippen molar-refractivity contribution < 1.29 is 9.50 Å². The van der Waals surface area contributed by atoms with Crippen LogP contribution in [0, 0.1) is 12.7 Å². The van der Waals surface area contributed by atoms with Crippen molar-refractivity contribution in [2.24, 2.45) is 0 Å². The summed E-state index contributed by atoms with van der Waals surface area (Å²) >= 11 is 11.4. The van der Waals surface area contributed by atoms with E-state index in [0.717, 1.165) is 0 Å². The first-order chi connectivity index (χ1) is 6.00. The SMILES string of the molecule is CCc1c(O)c(Cl)c(C)c(F)c1Cl. The predicted molar refractivity (Wildman–Crippen MR) is 52.2 cm³/mol. The highest BCUT2D eigenvalue weighted by atomic mass is 35.5. The first kappa shape index (κ1) is 10.6. The van der Waals surface area contributed by atoms with E-state index in [1.54, 1.807) is 6.92 Å². The second-order valence-electron chi connectivity index (χ2n) is 2.75. The van der Waals surface area contributed by atoms with E-state index >= 15 is 0 Å². The molecular formula is C9H9Cl2FO. The molecule has 1 N–H and O–H groups in total. The topological polar surface area (TPSA) is 20.2 Å². The first-order valence-corrected chi connectivity index (χ1v) is 4.61. The van der Waals surface area contributed by atoms with Crippen LogP contribution in [0.5, 0.6) is 5.75 Å². The van der Waals surface area contributed by atoms with Crippen molar-refractivity contribution in [1.29, 1.82) is 0 Å². The molecule has 4 heteroatoms. The maximum absolute atomic E-state index is 13.3. The summed E-state index contributed by atoms with van der Waals surface area (Å²) in [5, 5.41) is 9.50. The molecule has 0 amide bonds. The van der Waals surface area contributed by atoms with E-state index in [0.29, 0.717) is 12.0 Å². The molecule has 0 atom stereocenters. The van der Waals surface area contributed by atoms with Crippen LogP contribution >= 0.6 is 23.2 Å². The smallest absolute Gasteiger partial charge is 0.146 e. The minimum atomic E-state index is -0.554. The molecule has 0 heterocycles. The number of aromatic hydroxyl groups is 1. The Labute approximate surface area is 86.1 Å². The van der Waals surface area contributed by atoms with Gasteiger partial charge < -0.3 is 5.11 Å². The van der Waals surface area contributed by atoms with Crippen molar-refractivity contribution in [3.8, 4) is 5.75 Å². The minimum Gasteiger partial charge on any atom is -0.506 e. The largest absolute Gasteiger partial charge is 0.506 e. The number of phenolic OH excluding ortho intramolecular Hbond substituents is 1.